The van der Waals surface area contributed by atoms with E-state index in [9.17, 15) is 4.39 Å². The average molecular weight is 331 g/mol. The normalized spacial score (nSPS) is 18.4. The number of hydrogen-bond donors (Lipinski definition) is 1. The highest BCUT2D eigenvalue weighted by Gasteiger charge is 2.24. The van der Waals surface area contributed by atoms with E-state index in [1.165, 1.54) is 7.11 Å². The third-order valence-corrected chi connectivity index (χ3v) is 4.16. The lowest BCUT2D eigenvalue weighted by molar-refractivity contribution is -0.0352. The minimum absolute atomic E-state index is 0.110. The number of benzene rings is 1. The molecule has 128 valence electrons. The minimum atomic E-state index is -0.293. The molecule has 0 spiro atoms. The molecule has 1 fully saturated rings. The maximum Gasteiger partial charge on any atom is 0.169 e. The first-order valence-electron chi connectivity index (χ1n) is 8.01. The van der Waals surface area contributed by atoms with E-state index < -0.39 is 0 Å². The van der Waals surface area contributed by atoms with Crippen molar-refractivity contribution in [3.8, 4) is 5.75 Å². The average Bonchev–Trinajstić information content (AvgIpc) is 2.64. The van der Waals surface area contributed by atoms with E-state index in [0.717, 1.165) is 18.1 Å². The summed E-state index contributed by atoms with van der Waals surface area (Å²) in [7, 11) is 3.32. The minimum Gasteiger partial charge on any atom is -0.494 e. The van der Waals surface area contributed by atoms with Crippen LogP contribution in [0.2, 0.25) is 0 Å². The standard InChI is InChI=1S/C18H22FN3O2/c1-20-17-8-4-6-14(21-17)16-12-22(9-10-24-16)11-13-5-3-7-15(23-2)18(13)19/h3-8,16H,9-12H2,1-2H3,(H,20,21)/t16-/m1/s1. The van der Waals surface area contributed by atoms with E-state index in [1.54, 1.807) is 12.1 Å². The molecule has 1 saturated heterocycles. The molecule has 6 heteroatoms. The van der Waals surface area contributed by atoms with Crippen LogP contribution in [0, 0.1) is 5.82 Å². The fourth-order valence-corrected chi connectivity index (χ4v) is 2.87. The van der Waals surface area contributed by atoms with Gasteiger partial charge >= 0.3 is 0 Å². The summed E-state index contributed by atoms with van der Waals surface area (Å²) in [6.07, 6.45) is -0.110. The molecule has 5 nitrogen and oxygen atoms in total. The van der Waals surface area contributed by atoms with Crippen LogP contribution >= 0.6 is 0 Å². The largest absolute Gasteiger partial charge is 0.494 e. The Morgan fingerprint density at radius 1 is 1.33 bits per heavy atom. The molecular formula is C18H22FN3O2. The van der Waals surface area contributed by atoms with Crippen LogP contribution in [-0.4, -0.2) is 43.7 Å². The fraction of sp³-hybridized carbons (Fsp3) is 0.389. The monoisotopic (exact) mass is 331 g/mol. The summed E-state index contributed by atoms with van der Waals surface area (Å²) in [6.45, 7) is 2.56. The summed E-state index contributed by atoms with van der Waals surface area (Å²) in [4.78, 5) is 6.72. The molecule has 0 aliphatic carbocycles. The van der Waals surface area contributed by atoms with Gasteiger partial charge in [0.15, 0.2) is 11.6 Å². The van der Waals surface area contributed by atoms with Gasteiger partial charge < -0.3 is 14.8 Å². The van der Waals surface area contributed by atoms with Gasteiger partial charge in [0, 0.05) is 32.2 Å². The first-order chi connectivity index (χ1) is 11.7. The number of nitrogens with one attached hydrogen (secondary N) is 1. The molecule has 24 heavy (non-hydrogen) atoms. The fourth-order valence-electron chi connectivity index (χ4n) is 2.87. The van der Waals surface area contributed by atoms with Crippen molar-refractivity contribution < 1.29 is 13.9 Å². The third kappa shape index (κ3) is 3.66. The van der Waals surface area contributed by atoms with Crippen molar-refractivity contribution in [2.75, 3.05) is 39.2 Å². The Bertz CT molecular complexity index is 696. The highest BCUT2D eigenvalue weighted by atomic mass is 19.1. The zero-order valence-corrected chi connectivity index (χ0v) is 14.0. The van der Waals surface area contributed by atoms with Crippen LogP contribution in [0.5, 0.6) is 5.75 Å². The highest BCUT2D eigenvalue weighted by Crippen LogP contribution is 2.25. The van der Waals surface area contributed by atoms with Crippen molar-refractivity contribution in [3.63, 3.8) is 0 Å². The van der Waals surface area contributed by atoms with Crippen molar-refractivity contribution in [2.24, 2.45) is 0 Å². The lowest BCUT2D eigenvalue weighted by Gasteiger charge is -2.32. The second-order valence-corrected chi connectivity index (χ2v) is 5.73. The summed E-state index contributed by atoms with van der Waals surface area (Å²) < 4.78 is 25.3. The molecule has 0 bridgehead atoms. The number of pyridine rings is 1. The van der Waals surface area contributed by atoms with E-state index in [1.807, 2.05) is 31.3 Å². The van der Waals surface area contributed by atoms with Gasteiger partial charge in [-0.05, 0) is 18.2 Å². The zero-order valence-electron chi connectivity index (χ0n) is 14.0. The number of nitrogens with zero attached hydrogens (tertiary/aromatic N) is 2. The third-order valence-electron chi connectivity index (χ3n) is 4.16. The Morgan fingerprint density at radius 3 is 2.96 bits per heavy atom. The second kappa shape index (κ2) is 7.59. The van der Waals surface area contributed by atoms with Gasteiger partial charge in [0.2, 0.25) is 0 Å². The van der Waals surface area contributed by atoms with Gasteiger partial charge in [-0.25, -0.2) is 9.37 Å². The number of morpholine rings is 1. The van der Waals surface area contributed by atoms with E-state index in [-0.39, 0.29) is 17.7 Å². The SMILES string of the molecule is CNc1cccc([C@H]2CN(Cc3cccc(OC)c3F)CCO2)n1. The van der Waals surface area contributed by atoms with E-state index in [0.29, 0.717) is 25.3 Å². The van der Waals surface area contributed by atoms with Crippen molar-refractivity contribution in [3.05, 3.63) is 53.5 Å². The van der Waals surface area contributed by atoms with Crippen LogP contribution in [-0.2, 0) is 11.3 Å². The summed E-state index contributed by atoms with van der Waals surface area (Å²) in [6, 6.07) is 11.1. The molecular weight excluding hydrogens is 309 g/mol. The lowest BCUT2D eigenvalue weighted by atomic mass is 10.1. The van der Waals surface area contributed by atoms with Crippen molar-refractivity contribution in [2.45, 2.75) is 12.6 Å². The summed E-state index contributed by atoms with van der Waals surface area (Å²) >= 11 is 0. The topological polar surface area (TPSA) is 46.6 Å². The molecule has 1 N–H and O–H groups in total. The number of ether oxygens (including phenoxy) is 2. The number of methoxy groups -OCH3 is 1. The van der Waals surface area contributed by atoms with E-state index >= 15 is 0 Å². The number of rotatable bonds is 5. The van der Waals surface area contributed by atoms with Gasteiger partial charge in [-0.1, -0.05) is 18.2 Å². The molecule has 3 rings (SSSR count). The molecule has 1 aliphatic heterocycles. The zero-order chi connectivity index (χ0) is 16.9. The maximum absolute atomic E-state index is 14.3. The Labute approximate surface area is 141 Å². The molecule has 1 aliphatic rings. The number of halogens is 1. The van der Waals surface area contributed by atoms with Gasteiger partial charge in [0.25, 0.3) is 0 Å². The predicted molar refractivity (Wildman–Crippen MR) is 90.7 cm³/mol. The van der Waals surface area contributed by atoms with Crippen molar-refractivity contribution >= 4 is 5.82 Å². The van der Waals surface area contributed by atoms with Crippen LogP contribution in [0.1, 0.15) is 17.4 Å². The molecule has 1 atom stereocenters. The van der Waals surface area contributed by atoms with E-state index in [2.05, 4.69) is 15.2 Å². The van der Waals surface area contributed by atoms with Crippen molar-refractivity contribution in [1.29, 1.82) is 0 Å². The first kappa shape index (κ1) is 16.7. The molecule has 2 heterocycles. The predicted octanol–water partition coefficient (Wildman–Crippen LogP) is 2.84. The molecule has 1 aromatic carbocycles. The lowest BCUT2D eigenvalue weighted by Crippen LogP contribution is -2.38. The molecule has 0 saturated carbocycles. The maximum atomic E-state index is 14.3. The van der Waals surface area contributed by atoms with Crippen LogP contribution in [0.4, 0.5) is 10.2 Å². The Balaban J connectivity index is 1.72. The molecule has 1 aromatic heterocycles. The summed E-state index contributed by atoms with van der Waals surface area (Å²) in [5, 5.41) is 3.03. The van der Waals surface area contributed by atoms with Gasteiger partial charge in [-0.2, -0.15) is 0 Å². The summed E-state index contributed by atoms with van der Waals surface area (Å²) in [5.74, 6) is 0.797. The Hall–Kier alpha value is -2.18. The van der Waals surface area contributed by atoms with Crippen LogP contribution in [0.15, 0.2) is 36.4 Å². The van der Waals surface area contributed by atoms with Crippen LogP contribution in [0.25, 0.3) is 0 Å². The van der Waals surface area contributed by atoms with Crippen molar-refractivity contribution in [1.82, 2.24) is 9.88 Å². The smallest absolute Gasteiger partial charge is 0.169 e. The second-order valence-electron chi connectivity index (χ2n) is 5.73. The number of anilines is 1. The van der Waals surface area contributed by atoms with Gasteiger partial charge in [0.1, 0.15) is 11.9 Å². The Kier molecular flexibility index (Phi) is 5.27. The van der Waals surface area contributed by atoms with Gasteiger partial charge in [-0.3, -0.25) is 4.90 Å². The molecule has 0 unspecified atom stereocenters. The molecule has 0 amide bonds. The number of hydrogen-bond acceptors (Lipinski definition) is 5. The van der Waals surface area contributed by atoms with Crippen LogP contribution < -0.4 is 10.1 Å². The van der Waals surface area contributed by atoms with Crippen LogP contribution in [0.3, 0.4) is 0 Å². The highest BCUT2D eigenvalue weighted by molar-refractivity contribution is 5.35. The van der Waals surface area contributed by atoms with Gasteiger partial charge in [0.05, 0.1) is 19.4 Å². The quantitative estimate of drug-likeness (QED) is 0.913. The molecule has 2 aromatic rings. The molecule has 0 radical (unpaired) electrons. The van der Waals surface area contributed by atoms with Gasteiger partial charge in [-0.15, -0.1) is 0 Å². The van der Waals surface area contributed by atoms with E-state index in [4.69, 9.17) is 9.47 Å². The number of aromatic nitrogens is 1. The summed E-state index contributed by atoms with van der Waals surface area (Å²) in [5.41, 5.74) is 1.52. The first-order valence-corrected chi connectivity index (χ1v) is 8.01. The Morgan fingerprint density at radius 2 is 2.17 bits per heavy atom.